The summed E-state index contributed by atoms with van der Waals surface area (Å²) in [6, 6.07) is 4.81. The molecule has 1 aromatic rings. The monoisotopic (exact) mass is 502 g/mol. The Kier molecular flexibility index (Phi) is 11.1. The van der Waals surface area contributed by atoms with Crippen molar-refractivity contribution < 1.29 is 32.2 Å². The lowest BCUT2D eigenvalue weighted by atomic mass is 9.74. The molecule has 1 amide bonds. The quantitative estimate of drug-likeness (QED) is 0.264. The summed E-state index contributed by atoms with van der Waals surface area (Å²) in [5.74, 6) is -2.34. The minimum absolute atomic E-state index is 0.0880. The van der Waals surface area contributed by atoms with Gasteiger partial charge in [0.25, 0.3) is 0 Å². The standard InChI is InChI=1S/C24H39FN2O6S/c1-17(21(29)33-6)15-18-9-7-10-19(20(18)25)24(4,22(30)27-26-5)12-8-11-23(2,3)16-34(31,32)14-13-28/h7,9-10,17,26,28H,8,11-16H2,1-6H3,(H,27,30)/t17-,24+/m0/s1. The van der Waals surface area contributed by atoms with Gasteiger partial charge in [-0.1, -0.05) is 45.4 Å². The molecule has 0 heterocycles. The zero-order chi connectivity index (χ0) is 26.2. The van der Waals surface area contributed by atoms with E-state index >= 15 is 4.39 Å². The number of sulfone groups is 1. The zero-order valence-corrected chi connectivity index (χ0v) is 21.9. The first kappa shape index (κ1) is 30.0. The van der Waals surface area contributed by atoms with Gasteiger partial charge in [0, 0.05) is 12.6 Å². The van der Waals surface area contributed by atoms with Crippen LogP contribution in [0.15, 0.2) is 18.2 Å². The van der Waals surface area contributed by atoms with Crippen LogP contribution in [0.1, 0.15) is 58.1 Å². The van der Waals surface area contributed by atoms with Gasteiger partial charge in [-0.2, -0.15) is 0 Å². The Morgan fingerprint density at radius 3 is 2.41 bits per heavy atom. The normalized spacial score (nSPS) is 14.8. The van der Waals surface area contributed by atoms with Gasteiger partial charge in [-0.15, -0.1) is 0 Å². The maximum Gasteiger partial charge on any atom is 0.308 e. The summed E-state index contributed by atoms with van der Waals surface area (Å²) in [6.07, 6.45) is 1.36. The largest absolute Gasteiger partial charge is 0.469 e. The van der Waals surface area contributed by atoms with Crippen molar-refractivity contribution in [3.05, 3.63) is 35.1 Å². The summed E-state index contributed by atoms with van der Waals surface area (Å²) >= 11 is 0. The minimum atomic E-state index is -3.40. The van der Waals surface area contributed by atoms with E-state index in [4.69, 9.17) is 9.84 Å². The number of hydrogen-bond donors (Lipinski definition) is 3. The molecule has 0 aliphatic carbocycles. The van der Waals surface area contributed by atoms with Gasteiger partial charge in [0.15, 0.2) is 9.84 Å². The topological polar surface area (TPSA) is 122 Å². The Bertz CT molecular complexity index is 951. The summed E-state index contributed by atoms with van der Waals surface area (Å²) in [5.41, 5.74) is 3.85. The number of methoxy groups -OCH3 is 1. The minimum Gasteiger partial charge on any atom is -0.469 e. The average molecular weight is 503 g/mol. The van der Waals surface area contributed by atoms with Crippen molar-refractivity contribution >= 4 is 21.7 Å². The van der Waals surface area contributed by atoms with Gasteiger partial charge in [0.1, 0.15) is 5.82 Å². The van der Waals surface area contributed by atoms with Crippen LogP contribution in [-0.4, -0.2) is 57.7 Å². The van der Waals surface area contributed by atoms with E-state index in [2.05, 4.69) is 10.9 Å². The van der Waals surface area contributed by atoms with Crippen molar-refractivity contribution in [3.63, 3.8) is 0 Å². The third-order valence-electron chi connectivity index (χ3n) is 6.09. The highest BCUT2D eigenvalue weighted by Crippen LogP contribution is 2.36. The fourth-order valence-electron chi connectivity index (χ4n) is 4.20. The predicted octanol–water partition coefficient (Wildman–Crippen LogP) is 2.29. The van der Waals surface area contributed by atoms with Gasteiger partial charge < -0.3 is 9.84 Å². The van der Waals surface area contributed by atoms with Crippen LogP contribution in [0.3, 0.4) is 0 Å². The van der Waals surface area contributed by atoms with Gasteiger partial charge >= 0.3 is 5.97 Å². The smallest absolute Gasteiger partial charge is 0.308 e. The van der Waals surface area contributed by atoms with Crippen molar-refractivity contribution in [2.45, 2.75) is 58.8 Å². The average Bonchev–Trinajstić information content (AvgIpc) is 2.73. The molecular formula is C24H39FN2O6S. The Morgan fingerprint density at radius 1 is 1.21 bits per heavy atom. The van der Waals surface area contributed by atoms with Crippen LogP contribution in [-0.2, 0) is 36.0 Å². The molecule has 0 aromatic heterocycles. The number of nitrogens with one attached hydrogen (secondary N) is 2. The molecule has 1 aromatic carbocycles. The molecule has 0 fully saturated rings. The Labute approximate surface area is 202 Å². The number of rotatable bonds is 14. The van der Waals surface area contributed by atoms with Crippen LogP contribution in [0, 0.1) is 17.2 Å². The first-order valence-electron chi connectivity index (χ1n) is 11.4. The summed E-state index contributed by atoms with van der Waals surface area (Å²) < 4.78 is 44.6. The van der Waals surface area contributed by atoms with Gasteiger partial charge in [0.2, 0.25) is 5.91 Å². The molecule has 0 saturated carbocycles. The second-order valence-electron chi connectivity index (χ2n) is 9.78. The molecule has 1 rings (SSSR count). The molecule has 0 radical (unpaired) electrons. The summed E-state index contributed by atoms with van der Waals surface area (Å²) in [5, 5.41) is 8.98. The van der Waals surface area contributed by atoms with Crippen LogP contribution in [0.5, 0.6) is 0 Å². The van der Waals surface area contributed by atoms with E-state index in [9.17, 15) is 18.0 Å². The van der Waals surface area contributed by atoms with Gasteiger partial charge in [-0.25, -0.2) is 18.2 Å². The van der Waals surface area contributed by atoms with Gasteiger partial charge in [-0.3, -0.25) is 15.0 Å². The Morgan fingerprint density at radius 2 is 1.85 bits per heavy atom. The highest BCUT2D eigenvalue weighted by molar-refractivity contribution is 7.91. The number of hydrogen-bond acceptors (Lipinski definition) is 7. The SMILES string of the molecule is CNNC(=O)[C@](C)(CCCC(C)(C)CS(=O)(=O)CCO)c1cccc(C[C@H](C)C(=O)OC)c1F. The third-order valence-corrected chi connectivity index (χ3v) is 8.11. The van der Waals surface area contributed by atoms with Gasteiger partial charge in [0.05, 0.1) is 36.6 Å². The second-order valence-corrected chi connectivity index (χ2v) is 12.0. The number of halogens is 1. The van der Waals surface area contributed by atoms with Crippen LogP contribution in [0.25, 0.3) is 0 Å². The van der Waals surface area contributed by atoms with E-state index in [1.54, 1.807) is 32.0 Å². The van der Waals surface area contributed by atoms with Crippen molar-refractivity contribution in [1.29, 1.82) is 0 Å². The first-order valence-corrected chi connectivity index (χ1v) is 13.2. The fourth-order valence-corrected chi connectivity index (χ4v) is 5.96. The number of carbonyl (C=O) groups is 2. The molecule has 8 nitrogen and oxygen atoms in total. The van der Waals surface area contributed by atoms with E-state index < -0.39 is 50.9 Å². The lowest BCUT2D eigenvalue weighted by Gasteiger charge is -2.32. The molecule has 0 saturated heterocycles. The highest BCUT2D eigenvalue weighted by Gasteiger charge is 2.38. The maximum atomic E-state index is 15.6. The number of amides is 1. The van der Waals surface area contributed by atoms with Crippen molar-refractivity contribution in [2.24, 2.45) is 11.3 Å². The molecule has 2 atom stereocenters. The Hall–Kier alpha value is -2.04. The Balaban J connectivity index is 3.18. The number of hydrazine groups is 1. The maximum absolute atomic E-state index is 15.6. The fraction of sp³-hybridized carbons (Fsp3) is 0.667. The van der Waals surface area contributed by atoms with Crippen LogP contribution >= 0.6 is 0 Å². The summed E-state index contributed by atoms with van der Waals surface area (Å²) in [4.78, 5) is 24.8. The molecular weight excluding hydrogens is 463 g/mol. The number of aliphatic hydroxyl groups is 1. The van der Waals surface area contributed by atoms with Crippen molar-refractivity contribution in [2.75, 3.05) is 32.3 Å². The van der Waals surface area contributed by atoms with Crippen molar-refractivity contribution in [3.8, 4) is 0 Å². The summed E-state index contributed by atoms with van der Waals surface area (Å²) in [6.45, 7) is 6.52. The van der Waals surface area contributed by atoms with E-state index in [1.807, 2.05) is 13.8 Å². The highest BCUT2D eigenvalue weighted by atomic mass is 32.2. The van der Waals surface area contributed by atoms with Crippen LogP contribution in [0.2, 0.25) is 0 Å². The predicted molar refractivity (Wildman–Crippen MR) is 129 cm³/mol. The molecule has 194 valence electrons. The molecule has 0 spiro atoms. The van der Waals surface area contributed by atoms with Gasteiger partial charge in [-0.05, 0) is 37.2 Å². The third kappa shape index (κ3) is 8.32. The molecule has 0 bridgehead atoms. The first-order chi connectivity index (χ1) is 15.7. The molecule has 10 heteroatoms. The van der Waals surface area contributed by atoms with Crippen molar-refractivity contribution in [1.82, 2.24) is 10.9 Å². The molecule has 34 heavy (non-hydrogen) atoms. The molecule has 0 aliphatic rings. The molecule has 0 unspecified atom stereocenters. The second kappa shape index (κ2) is 12.6. The number of ether oxygens (including phenoxy) is 1. The number of benzene rings is 1. The zero-order valence-electron chi connectivity index (χ0n) is 21.0. The van der Waals surface area contributed by atoms with Crippen LogP contribution in [0.4, 0.5) is 4.39 Å². The molecule has 0 aliphatic heterocycles. The summed E-state index contributed by atoms with van der Waals surface area (Å²) in [7, 11) is -0.584. The number of aliphatic hydroxyl groups excluding tert-OH is 1. The lowest BCUT2D eigenvalue weighted by molar-refractivity contribution is -0.144. The van der Waals surface area contributed by atoms with Crippen LogP contribution < -0.4 is 10.9 Å². The van der Waals surface area contributed by atoms with E-state index in [0.29, 0.717) is 18.4 Å². The van der Waals surface area contributed by atoms with E-state index in [-0.39, 0.29) is 29.9 Å². The number of carbonyl (C=O) groups excluding carboxylic acids is 2. The molecule has 3 N–H and O–H groups in total. The van der Waals surface area contributed by atoms with E-state index in [0.717, 1.165) is 0 Å². The van der Waals surface area contributed by atoms with E-state index in [1.165, 1.54) is 14.2 Å². The lowest BCUT2D eigenvalue weighted by Crippen LogP contribution is -2.47. The number of esters is 1.